The second-order valence-electron chi connectivity index (χ2n) is 10.7. The number of hydrogen-bond acceptors (Lipinski definition) is 8. The summed E-state index contributed by atoms with van der Waals surface area (Å²) >= 11 is 1.61. The van der Waals surface area contributed by atoms with Crippen LogP contribution in [0.2, 0.25) is 0 Å². The predicted molar refractivity (Wildman–Crippen MR) is 173 cm³/mol. The number of carbonyl (C=O) groups excluding carboxylic acids is 2. The van der Waals surface area contributed by atoms with E-state index in [0.717, 1.165) is 29.8 Å². The maximum atomic E-state index is 12.8. The van der Waals surface area contributed by atoms with Crippen molar-refractivity contribution in [1.29, 1.82) is 0 Å². The number of alkyl halides is 3. The average Bonchev–Trinajstić information content (AvgIpc) is 3.39. The lowest BCUT2D eigenvalue weighted by molar-refractivity contribution is -0.134. The normalized spacial score (nSPS) is 18.8. The Morgan fingerprint density at radius 1 is 1.18 bits per heavy atom. The molecule has 3 N–H and O–H groups in total. The molecule has 2 aromatic carbocycles. The fraction of sp³-hybridized carbons (Fsp3) is 0.516. The molecule has 0 bridgehead atoms. The van der Waals surface area contributed by atoms with Crippen LogP contribution in [0.1, 0.15) is 64.3 Å². The smallest absolute Gasteiger partial charge is 0.349 e. The second kappa shape index (κ2) is 16.3. The van der Waals surface area contributed by atoms with Gasteiger partial charge in [0.2, 0.25) is 11.7 Å². The summed E-state index contributed by atoms with van der Waals surface area (Å²) in [6, 6.07) is 15.9. The van der Waals surface area contributed by atoms with Crippen LogP contribution in [0.15, 0.2) is 53.5 Å². The lowest BCUT2D eigenvalue weighted by atomic mass is 10.0. The summed E-state index contributed by atoms with van der Waals surface area (Å²) in [5.41, 5.74) is 10.7. The number of thioether (sulfide) groups is 1. The fourth-order valence-electron chi connectivity index (χ4n) is 4.82. The molecule has 1 saturated heterocycles. The van der Waals surface area contributed by atoms with Crippen molar-refractivity contribution in [2.24, 2.45) is 4.99 Å². The van der Waals surface area contributed by atoms with Crippen molar-refractivity contribution in [2.75, 3.05) is 44.4 Å². The molecular weight excluding hydrogens is 591 g/mol. The summed E-state index contributed by atoms with van der Waals surface area (Å²) in [4.78, 5) is 31.3. The van der Waals surface area contributed by atoms with Gasteiger partial charge in [0.05, 0.1) is 24.1 Å². The van der Waals surface area contributed by atoms with Gasteiger partial charge in [-0.2, -0.15) is 13.2 Å². The summed E-state index contributed by atoms with van der Waals surface area (Å²) in [6.45, 7) is 9.10. The highest BCUT2D eigenvalue weighted by molar-refractivity contribution is 8.00. The zero-order chi connectivity index (χ0) is 32.4. The van der Waals surface area contributed by atoms with Crippen molar-refractivity contribution in [2.45, 2.75) is 64.2 Å². The van der Waals surface area contributed by atoms with Crippen LogP contribution in [-0.4, -0.2) is 78.7 Å². The van der Waals surface area contributed by atoms with Crippen molar-refractivity contribution in [1.82, 2.24) is 26.2 Å². The zero-order valence-electron chi connectivity index (χ0n) is 26.2. The average molecular weight is 638 g/mol. The number of aliphatic imine (C=N–C) groups is 1. The summed E-state index contributed by atoms with van der Waals surface area (Å²) < 4.78 is 37.1. The Kier molecular flexibility index (Phi) is 13.1. The largest absolute Gasteiger partial charge is 0.390 e. The Bertz CT molecular complexity index is 1280. The fourth-order valence-corrected chi connectivity index (χ4v) is 5.82. The summed E-state index contributed by atoms with van der Waals surface area (Å²) in [5, 5.41) is 5.80. The van der Waals surface area contributed by atoms with E-state index >= 15 is 0 Å². The molecule has 2 heterocycles. The number of hydrazine groups is 2. The zero-order valence-corrected chi connectivity index (χ0v) is 27.1. The van der Waals surface area contributed by atoms with E-state index in [1.807, 2.05) is 68.3 Å². The van der Waals surface area contributed by atoms with Crippen LogP contribution >= 0.6 is 11.8 Å². The monoisotopic (exact) mass is 637 g/mol. The quantitative estimate of drug-likeness (QED) is 0.296. The molecule has 0 aromatic heterocycles. The Balaban J connectivity index is 0.00000230. The first-order valence-electron chi connectivity index (χ1n) is 14.9. The van der Waals surface area contributed by atoms with Crippen molar-refractivity contribution in [3.05, 3.63) is 65.2 Å². The Hall–Kier alpha value is -3.13. The molecule has 2 unspecified atom stereocenters. The summed E-state index contributed by atoms with van der Waals surface area (Å²) in [5.74, 6) is 0.238. The molecule has 44 heavy (non-hydrogen) atoms. The van der Waals surface area contributed by atoms with Crippen LogP contribution in [-0.2, 0) is 16.0 Å². The van der Waals surface area contributed by atoms with E-state index in [4.69, 9.17) is 0 Å². The van der Waals surface area contributed by atoms with E-state index in [2.05, 4.69) is 46.1 Å². The van der Waals surface area contributed by atoms with Crippen molar-refractivity contribution < 1.29 is 24.2 Å². The lowest BCUT2D eigenvalue weighted by Crippen LogP contribution is -2.52. The maximum Gasteiger partial charge on any atom is 0.390 e. The molecule has 13 heteroatoms. The minimum Gasteiger partial charge on any atom is -0.349 e. The molecule has 0 spiro atoms. The number of likely N-dealkylation sites (N-methyl/N-ethyl adjacent to an activating group) is 2. The van der Waals surface area contributed by atoms with Crippen molar-refractivity contribution in [3.8, 4) is 0 Å². The van der Waals surface area contributed by atoms with Gasteiger partial charge < -0.3 is 10.2 Å². The number of para-hydroxylation sites is 1. The minimum atomic E-state index is -4.33. The summed E-state index contributed by atoms with van der Waals surface area (Å²) in [7, 11) is 3.59. The molecule has 2 aromatic rings. The molecule has 9 nitrogen and oxygen atoms in total. The van der Waals surface area contributed by atoms with Crippen LogP contribution in [0, 0.1) is 0 Å². The van der Waals surface area contributed by atoms with Gasteiger partial charge in [0.15, 0.2) is 0 Å². The third-order valence-electron chi connectivity index (χ3n) is 7.08. The van der Waals surface area contributed by atoms with E-state index in [-0.39, 0.29) is 18.5 Å². The van der Waals surface area contributed by atoms with Gasteiger partial charge in [-0.25, -0.2) is 20.9 Å². The molecule has 0 radical (unpaired) electrons. The van der Waals surface area contributed by atoms with E-state index in [9.17, 15) is 22.8 Å². The minimum absolute atomic E-state index is 0. The third-order valence-corrected chi connectivity index (χ3v) is 8.16. The Morgan fingerprint density at radius 2 is 1.86 bits per heavy atom. The van der Waals surface area contributed by atoms with Gasteiger partial charge in [-0.05, 0) is 35.1 Å². The number of anilines is 1. The van der Waals surface area contributed by atoms with Gasteiger partial charge in [-0.1, -0.05) is 70.2 Å². The molecule has 2 aliphatic heterocycles. The number of halogens is 3. The number of nitrogens with one attached hydrogen (secondary N) is 3. The Labute approximate surface area is 264 Å². The number of carbonyl (C=O) groups is 2. The number of amidine groups is 1. The number of nitrogens with zero attached hydrogens (tertiary/aromatic N) is 4. The highest BCUT2D eigenvalue weighted by Crippen LogP contribution is 2.31. The molecule has 4 rings (SSSR count). The van der Waals surface area contributed by atoms with Gasteiger partial charge in [0.25, 0.3) is 5.91 Å². The molecule has 2 amide bonds. The first-order chi connectivity index (χ1) is 20.9. The molecule has 244 valence electrons. The van der Waals surface area contributed by atoms with Crippen LogP contribution in [0.5, 0.6) is 0 Å². The molecule has 1 fully saturated rings. The van der Waals surface area contributed by atoms with E-state index < -0.39 is 31.2 Å². The van der Waals surface area contributed by atoms with E-state index in [1.54, 1.807) is 18.8 Å². The highest BCUT2D eigenvalue weighted by atomic mass is 32.2. The first kappa shape index (κ1) is 35.4. The predicted octanol–water partition coefficient (Wildman–Crippen LogP) is 5.08. The maximum absolute atomic E-state index is 12.8. The van der Waals surface area contributed by atoms with E-state index in [0.29, 0.717) is 18.2 Å². The third kappa shape index (κ3) is 9.94. The second-order valence-corrected chi connectivity index (χ2v) is 11.9. The molecular formula is C31H46F3N7O2S. The van der Waals surface area contributed by atoms with Gasteiger partial charge in [0.1, 0.15) is 6.17 Å². The van der Waals surface area contributed by atoms with Crippen LogP contribution in [0.3, 0.4) is 0 Å². The first-order valence-corrected chi connectivity index (χ1v) is 16.0. The summed E-state index contributed by atoms with van der Waals surface area (Å²) in [6.07, 6.45) is -5.15. The number of hydrogen-bond donors (Lipinski definition) is 3. The number of rotatable bonds is 11. The lowest BCUT2D eigenvalue weighted by Gasteiger charge is -2.36. The molecule has 2 aliphatic rings. The molecule has 0 aliphatic carbocycles. The van der Waals surface area contributed by atoms with Crippen LogP contribution in [0.4, 0.5) is 18.9 Å². The number of benzene rings is 2. The Morgan fingerprint density at radius 3 is 2.52 bits per heavy atom. The standard InChI is InChI=1S/C29H38F3N7O2S.C2H6.H2/c1-19(2)22-7-5-6-8-23(22)39-17-24(42-18-25(39)40)35-37(3)16-13-20-9-11-21(12-10-20)26-34-27(38(4)36-26)28(41)33-15-14-29(30,31)32;1-2;/h5-12,19,24,26,35-36H,13-18H2,1-4H3,(H,33,41);1-2H3;1H. The van der Waals surface area contributed by atoms with Gasteiger partial charge in [-0.15, -0.1) is 11.8 Å². The van der Waals surface area contributed by atoms with Crippen molar-refractivity contribution >= 4 is 35.1 Å². The topological polar surface area (TPSA) is 92.3 Å². The van der Waals surface area contributed by atoms with Gasteiger partial charge in [0, 0.05) is 34.3 Å². The number of amides is 2. The molecule has 2 atom stereocenters. The SMILES string of the molecule is CC.CC(C)c1ccccc1N1CC(NN(C)CCc2ccc(C3N=C(C(=O)NCCC(F)(F)F)N(C)N3)cc2)SCC1=O.[HH]. The van der Waals surface area contributed by atoms with Crippen molar-refractivity contribution in [3.63, 3.8) is 0 Å². The highest BCUT2D eigenvalue weighted by Gasteiger charge is 2.31. The van der Waals surface area contributed by atoms with Gasteiger partial charge >= 0.3 is 6.18 Å². The van der Waals surface area contributed by atoms with Crippen LogP contribution < -0.4 is 21.1 Å². The van der Waals surface area contributed by atoms with E-state index in [1.165, 1.54) is 10.6 Å². The van der Waals surface area contributed by atoms with Crippen LogP contribution in [0.25, 0.3) is 0 Å². The van der Waals surface area contributed by atoms with Gasteiger partial charge in [-0.3, -0.25) is 14.6 Å². The molecule has 0 saturated carbocycles.